The van der Waals surface area contributed by atoms with E-state index >= 15 is 0 Å². The summed E-state index contributed by atoms with van der Waals surface area (Å²) in [5, 5.41) is 8.86. The van der Waals surface area contributed by atoms with Gasteiger partial charge in [-0.05, 0) is 42.6 Å². The first kappa shape index (κ1) is 17.8. The number of likely N-dealkylation sites (tertiary alicyclic amines) is 1. The van der Waals surface area contributed by atoms with Gasteiger partial charge in [0.25, 0.3) is 0 Å². The highest BCUT2D eigenvalue weighted by Gasteiger charge is 2.40. The molecule has 1 aliphatic rings. The molecule has 0 amide bonds. The molecule has 0 unspecified atom stereocenters. The van der Waals surface area contributed by atoms with Crippen molar-refractivity contribution in [3.8, 4) is 5.75 Å². The number of nitrogens with zero attached hydrogens (tertiary/aromatic N) is 2. The highest BCUT2D eigenvalue weighted by atomic mass is 16.5. The van der Waals surface area contributed by atoms with Gasteiger partial charge in [-0.1, -0.05) is 20.8 Å². The molecule has 1 aliphatic heterocycles. The Morgan fingerprint density at radius 1 is 1.35 bits per heavy atom. The van der Waals surface area contributed by atoms with E-state index in [1.165, 1.54) is 0 Å². The lowest BCUT2D eigenvalue weighted by molar-refractivity contribution is -0.0489. The van der Waals surface area contributed by atoms with Crippen LogP contribution in [0, 0.1) is 11.3 Å². The van der Waals surface area contributed by atoms with Crippen LogP contribution in [-0.4, -0.2) is 60.8 Å². The molecular formula is C18H28N2O3. The topological polar surface area (TPSA) is 53.0 Å². The second-order valence-corrected chi connectivity index (χ2v) is 7.19. The van der Waals surface area contributed by atoms with Gasteiger partial charge < -0.3 is 9.84 Å². The minimum Gasteiger partial charge on any atom is -0.492 e. The van der Waals surface area contributed by atoms with Crippen molar-refractivity contribution < 1.29 is 14.6 Å². The van der Waals surface area contributed by atoms with Crippen LogP contribution in [0.25, 0.3) is 0 Å². The largest absolute Gasteiger partial charge is 0.492 e. The zero-order valence-corrected chi connectivity index (χ0v) is 14.6. The van der Waals surface area contributed by atoms with Crippen molar-refractivity contribution in [2.24, 2.45) is 11.3 Å². The smallest absolute Gasteiger partial charge is 0.335 e. The van der Waals surface area contributed by atoms with Crippen LogP contribution in [0.15, 0.2) is 24.3 Å². The Bertz CT molecular complexity index is 522. The molecule has 0 aliphatic carbocycles. The molecule has 0 spiro atoms. The molecule has 5 heteroatoms. The van der Waals surface area contributed by atoms with Gasteiger partial charge in [-0.25, -0.2) is 4.79 Å². The van der Waals surface area contributed by atoms with Crippen molar-refractivity contribution in [1.29, 1.82) is 0 Å². The lowest BCUT2D eigenvalue weighted by Crippen LogP contribution is -2.59. The number of carboxylic acids is 1. The highest BCUT2D eigenvalue weighted by molar-refractivity contribution is 5.87. The monoisotopic (exact) mass is 320 g/mol. The minimum atomic E-state index is -0.917. The quantitative estimate of drug-likeness (QED) is 0.798. The third-order valence-corrected chi connectivity index (χ3v) is 4.85. The number of aromatic carboxylic acids is 1. The Kier molecular flexibility index (Phi) is 5.65. The fourth-order valence-electron chi connectivity index (χ4n) is 2.87. The Morgan fingerprint density at radius 2 is 1.96 bits per heavy atom. The lowest BCUT2D eigenvalue weighted by atomic mass is 9.73. The molecule has 0 atom stereocenters. The Hall–Kier alpha value is -1.59. The summed E-state index contributed by atoms with van der Waals surface area (Å²) < 4.78 is 5.67. The van der Waals surface area contributed by atoms with E-state index in [2.05, 4.69) is 37.6 Å². The van der Waals surface area contributed by atoms with Gasteiger partial charge in [0.05, 0.1) is 12.2 Å². The van der Waals surface area contributed by atoms with E-state index in [0.717, 1.165) is 32.2 Å². The molecule has 0 saturated carbocycles. The summed E-state index contributed by atoms with van der Waals surface area (Å²) in [5.41, 5.74) is 0.740. The molecule has 0 bridgehead atoms. The summed E-state index contributed by atoms with van der Waals surface area (Å²) in [7, 11) is 2.10. The molecular weight excluding hydrogens is 292 g/mol. The van der Waals surface area contributed by atoms with Gasteiger partial charge in [-0.3, -0.25) is 9.80 Å². The van der Waals surface area contributed by atoms with E-state index < -0.39 is 5.97 Å². The van der Waals surface area contributed by atoms with Crippen LogP contribution >= 0.6 is 0 Å². The first-order valence-corrected chi connectivity index (χ1v) is 8.17. The molecule has 128 valence electrons. The van der Waals surface area contributed by atoms with Crippen molar-refractivity contribution >= 4 is 5.97 Å². The summed E-state index contributed by atoms with van der Waals surface area (Å²) in [4.78, 5) is 15.5. The highest BCUT2D eigenvalue weighted by Crippen LogP contribution is 2.36. The molecule has 1 fully saturated rings. The van der Waals surface area contributed by atoms with Gasteiger partial charge in [-0.2, -0.15) is 0 Å². The van der Waals surface area contributed by atoms with Gasteiger partial charge >= 0.3 is 5.97 Å². The van der Waals surface area contributed by atoms with Gasteiger partial charge in [0, 0.05) is 19.6 Å². The number of carboxylic acid groups (broad SMARTS) is 1. The maximum atomic E-state index is 10.8. The lowest BCUT2D eigenvalue weighted by Gasteiger charge is -2.51. The summed E-state index contributed by atoms with van der Waals surface area (Å²) in [6.07, 6.45) is 0. The van der Waals surface area contributed by atoms with Crippen LogP contribution in [0.2, 0.25) is 0 Å². The van der Waals surface area contributed by atoms with Gasteiger partial charge in [0.1, 0.15) is 12.4 Å². The van der Waals surface area contributed by atoms with Crippen molar-refractivity contribution in [2.75, 3.05) is 40.0 Å². The Morgan fingerprint density at radius 3 is 2.48 bits per heavy atom. The number of hydrogen-bond acceptors (Lipinski definition) is 4. The van der Waals surface area contributed by atoms with Crippen molar-refractivity contribution in [1.82, 2.24) is 9.80 Å². The predicted octanol–water partition coefficient (Wildman–Crippen LogP) is 2.63. The van der Waals surface area contributed by atoms with Crippen LogP contribution in [0.1, 0.15) is 31.1 Å². The first-order valence-electron chi connectivity index (χ1n) is 8.17. The summed E-state index contributed by atoms with van der Waals surface area (Å²) in [5.74, 6) is 0.514. The molecule has 1 aromatic carbocycles. The van der Waals surface area contributed by atoms with E-state index in [1.54, 1.807) is 24.3 Å². The van der Waals surface area contributed by atoms with Crippen molar-refractivity contribution in [3.05, 3.63) is 29.8 Å². The second kappa shape index (κ2) is 7.32. The van der Waals surface area contributed by atoms with Crippen LogP contribution in [0.4, 0.5) is 0 Å². The normalized spacial score (nSPS) is 17.3. The van der Waals surface area contributed by atoms with E-state index in [1.807, 2.05) is 0 Å². The molecule has 1 saturated heterocycles. The number of carbonyl (C=O) groups is 1. The first-order chi connectivity index (χ1) is 10.8. The Labute approximate surface area is 138 Å². The molecule has 2 rings (SSSR count). The third kappa shape index (κ3) is 4.69. The maximum Gasteiger partial charge on any atom is 0.335 e. The number of rotatable bonds is 8. The van der Waals surface area contributed by atoms with Crippen molar-refractivity contribution in [2.45, 2.75) is 20.8 Å². The number of likely N-dealkylation sites (N-methyl/N-ethyl adjacent to an activating group) is 1. The van der Waals surface area contributed by atoms with E-state index in [-0.39, 0.29) is 5.56 Å². The third-order valence-electron chi connectivity index (χ3n) is 4.85. The second-order valence-electron chi connectivity index (χ2n) is 7.19. The molecule has 23 heavy (non-hydrogen) atoms. The molecule has 1 N–H and O–H groups in total. The summed E-state index contributed by atoms with van der Waals surface area (Å²) in [6, 6.07) is 6.53. The van der Waals surface area contributed by atoms with E-state index in [0.29, 0.717) is 17.8 Å². The average molecular weight is 320 g/mol. The standard InChI is InChI=1S/C18H28N2O3/c1-14(2)18(3)11-20(12-18)13-19(4)9-10-23-16-7-5-15(6-8-16)17(21)22/h5-8,14H,9-13H2,1-4H3,(H,21,22). The van der Waals surface area contributed by atoms with Crippen molar-refractivity contribution in [3.63, 3.8) is 0 Å². The fraction of sp³-hybridized carbons (Fsp3) is 0.611. The molecule has 0 aromatic heterocycles. The zero-order chi connectivity index (χ0) is 17.0. The molecule has 0 radical (unpaired) electrons. The molecule has 1 aromatic rings. The minimum absolute atomic E-state index is 0.278. The van der Waals surface area contributed by atoms with Crippen LogP contribution in [0.3, 0.4) is 0 Å². The number of hydrogen-bond donors (Lipinski definition) is 1. The summed E-state index contributed by atoms with van der Waals surface area (Å²) >= 11 is 0. The molecule has 1 heterocycles. The Balaban J connectivity index is 1.65. The van der Waals surface area contributed by atoms with Gasteiger partial charge in [0.15, 0.2) is 0 Å². The summed E-state index contributed by atoms with van der Waals surface area (Å²) in [6.45, 7) is 11.7. The SMILES string of the molecule is CC(C)C1(C)CN(CN(C)CCOc2ccc(C(=O)O)cc2)C1. The molecule has 5 nitrogen and oxygen atoms in total. The number of ether oxygens (including phenoxy) is 1. The van der Waals surface area contributed by atoms with E-state index in [9.17, 15) is 4.79 Å². The zero-order valence-electron chi connectivity index (χ0n) is 14.6. The number of benzene rings is 1. The van der Waals surface area contributed by atoms with Gasteiger partial charge in [-0.15, -0.1) is 0 Å². The average Bonchev–Trinajstić information content (AvgIpc) is 2.45. The maximum absolute atomic E-state index is 10.8. The predicted molar refractivity (Wildman–Crippen MR) is 90.9 cm³/mol. The van der Waals surface area contributed by atoms with Crippen LogP contribution in [0.5, 0.6) is 5.75 Å². The van der Waals surface area contributed by atoms with E-state index in [4.69, 9.17) is 9.84 Å². The fourth-order valence-corrected chi connectivity index (χ4v) is 2.87. The van der Waals surface area contributed by atoms with Gasteiger partial charge in [0.2, 0.25) is 0 Å². The van der Waals surface area contributed by atoms with Crippen LogP contribution < -0.4 is 4.74 Å². The van der Waals surface area contributed by atoms with Crippen LogP contribution in [-0.2, 0) is 0 Å².